The van der Waals surface area contributed by atoms with Crippen LogP contribution in [0.25, 0.3) is 0 Å². The van der Waals surface area contributed by atoms with E-state index < -0.39 is 5.82 Å². The van der Waals surface area contributed by atoms with Crippen molar-refractivity contribution in [1.29, 1.82) is 0 Å². The monoisotopic (exact) mass is 308 g/mol. The standard InChI is InChI=1S/C16H21FN2O3/c17-13-6-1-5-12-14(7-3-9-22-15(12)13)18-16(21)19-8-2-4-11(19)10-20/h1,5-6,11,14,20H,2-4,7-10H2,(H,18,21)/t11-,14?/m0/s1. The summed E-state index contributed by atoms with van der Waals surface area (Å²) in [4.78, 5) is 14.1. The van der Waals surface area contributed by atoms with Crippen molar-refractivity contribution >= 4 is 6.03 Å². The number of urea groups is 1. The van der Waals surface area contributed by atoms with E-state index >= 15 is 0 Å². The predicted molar refractivity (Wildman–Crippen MR) is 79.2 cm³/mol. The van der Waals surface area contributed by atoms with Crippen LogP contribution in [0.5, 0.6) is 5.75 Å². The number of nitrogens with zero attached hydrogens (tertiary/aromatic N) is 1. The minimum atomic E-state index is -0.395. The second kappa shape index (κ2) is 6.52. The maximum atomic E-state index is 13.9. The number of aliphatic hydroxyl groups is 1. The van der Waals surface area contributed by atoms with Gasteiger partial charge in [0, 0.05) is 12.1 Å². The van der Waals surface area contributed by atoms with Gasteiger partial charge in [0.15, 0.2) is 11.6 Å². The number of fused-ring (bicyclic) bond motifs is 1. The van der Waals surface area contributed by atoms with Crippen LogP contribution in [0.15, 0.2) is 18.2 Å². The smallest absolute Gasteiger partial charge is 0.318 e. The highest BCUT2D eigenvalue weighted by molar-refractivity contribution is 5.75. The molecule has 1 unspecified atom stereocenters. The molecule has 1 fully saturated rings. The first-order valence-electron chi connectivity index (χ1n) is 7.80. The van der Waals surface area contributed by atoms with E-state index in [-0.39, 0.29) is 30.5 Å². The van der Waals surface area contributed by atoms with Crippen molar-refractivity contribution < 1.29 is 19.0 Å². The summed E-state index contributed by atoms with van der Waals surface area (Å²) in [6, 6.07) is 4.22. The molecule has 2 aliphatic heterocycles. The van der Waals surface area contributed by atoms with E-state index in [0.717, 1.165) is 19.3 Å². The quantitative estimate of drug-likeness (QED) is 0.880. The van der Waals surface area contributed by atoms with Crippen LogP contribution < -0.4 is 10.1 Å². The van der Waals surface area contributed by atoms with Gasteiger partial charge in [-0.15, -0.1) is 0 Å². The molecule has 0 aromatic heterocycles. The van der Waals surface area contributed by atoms with E-state index in [9.17, 15) is 14.3 Å². The summed E-state index contributed by atoms with van der Waals surface area (Å²) in [5.41, 5.74) is 0.686. The lowest BCUT2D eigenvalue weighted by atomic mass is 10.0. The molecule has 1 aromatic rings. The first kappa shape index (κ1) is 15.1. The number of rotatable bonds is 2. The largest absolute Gasteiger partial charge is 0.490 e. The number of carbonyl (C=O) groups is 1. The van der Waals surface area contributed by atoms with Crippen LogP contribution >= 0.6 is 0 Å². The summed E-state index contributed by atoms with van der Waals surface area (Å²) < 4.78 is 19.4. The molecule has 5 nitrogen and oxygen atoms in total. The van der Waals surface area contributed by atoms with Crippen LogP contribution in [0.1, 0.15) is 37.3 Å². The number of benzene rings is 1. The highest BCUT2D eigenvalue weighted by Crippen LogP contribution is 2.33. The van der Waals surface area contributed by atoms with Crippen molar-refractivity contribution in [3.8, 4) is 5.75 Å². The number of aliphatic hydroxyl groups excluding tert-OH is 1. The number of hydrogen-bond donors (Lipinski definition) is 2. The molecule has 2 N–H and O–H groups in total. The fraction of sp³-hybridized carbons (Fsp3) is 0.562. The van der Waals surface area contributed by atoms with Crippen molar-refractivity contribution in [2.24, 2.45) is 0 Å². The zero-order valence-electron chi connectivity index (χ0n) is 12.4. The third-order valence-corrected chi connectivity index (χ3v) is 4.40. The topological polar surface area (TPSA) is 61.8 Å². The van der Waals surface area contributed by atoms with E-state index in [1.54, 1.807) is 17.0 Å². The van der Waals surface area contributed by atoms with Crippen molar-refractivity contribution in [3.63, 3.8) is 0 Å². The molecule has 0 bridgehead atoms. The average molecular weight is 308 g/mol. The Labute approximate surface area is 129 Å². The number of halogens is 1. The third-order valence-electron chi connectivity index (χ3n) is 4.40. The molecule has 120 valence electrons. The molecule has 0 radical (unpaired) electrons. The van der Waals surface area contributed by atoms with Gasteiger partial charge in [-0.2, -0.15) is 0 Å². The van der Waals surface area contributed by atoms with Gasteiger partial charge in [-0.05, 0) is 31.7 Å². The van der Waals surface area contributed by atoms with E-state index in [1.807, 2.05) is 0 Å². The number of ether oxygens (including phenoxy) is 1. The summed E-state index contributed by atoms with van der Waals surface area (Å²) >= 11 is 0. The molecular formula is C16H21FN2O3. The van der Waals surface area contributed by atoms with Gasteiger partial charge in [0.1, 0.15) is 0 Å². The molecule has 0 aliphatic carbocycles. The third kappa shape index (κ3) is 2.88. The fourth-order valence-electron chi connectivity index (χ4n) is 3.24. The van der Waals surface area contributed by atoms with Crippen molar-refractivity contribution in [2.45, 2.75) is 37.8 Å². The Kier molecular flexibility index (Phi) is 4.47. The number of para-hydroxylation sites is 1. The Balaban J connectivity index is 1.78. The van der Waals surface area contributed by atoms with Gasteiger partial charge >= 0.3 is 6.03 Å². The lowest BCUT2D eigenvalue weighted by Crippen LogP contribution is -2.45. The number of likely N-dealkylation sites (tertiary alicyclic amines) is 1. The Bertz CT molecular complexity index is 552. The van der Waals surface area contributed by atoms with Crippen LogP contribution in [0, 0.1) is 5.82 Å². The van der Waals surface area contributed by atoms with Crippen molar-refractivity contribution in [3.05, 3.63) is 29.6 Å². The molecule has 3 rings (SSSR count). The van der Waals surface area contributed by atoms with E-state index in [0.29, 0.717) is 25.1 Å². The minimum Gasteiger partial charge on any atom is -0.490 e. The predicted octanol–water partition coefficient (Wildman–Crippen LogP) is 2.21. The summed E-state index contributed by atoms with van der Waals surface area (Å²) in [6.45, 7) is 1.08. The zero-order valence-corrected chi connectivity index (χ0v) is 12.4. The number of amides is 2. The fourth-order valence-corrected chi connectivity index (χ4v) is 3.24. The van der Waals surface area contributed by atoms with Gasteiger partial charge in [-0.1, -0.05) is 12.1 Å². The molecule has 1 aromatic carbocycles. The van der Waals surface area contributed by atoms with Crippen LogP contribution in [0.4, 0.5) is 9.18 Å². The van der Waals surface area contributed by atoms with Crippen molar-refractivity contribution in [2.75, 3.05) is 19.8 Å². The van der Waals surface area contributed by atoms with Gasteiger partial charge < -0.3 is 20.1 Å². The summed E-state index contributed by atoms with van der Waals surface area (Å²) in [5.74, 6) is -0.154. The Morgan fingerprint density at radius 3 is 3.09 bits per heavy atom. The Morgan fingerprint density at radius 2 is 2.27 bits per heavy atom. The van der Waals surface area contributed by atoms with E-state index in [4.69, 9.17) is 4.74 Å². The van der Waals surface area contributed by atoms with E-state index in [2.05, 4.69) is 5.32 Å². The van der Waals surface area contributed by atoms with Crippen LogP contribution in [0.3, 0.4) is 0 Å². The first-order valence-corrected chi connectivity index (χ1v) is 7.80. The molecule has 22 heavy (non-hydrogen) atoms. The zero-order chi connectivity index (χ0) is 15.5. The maximum absolute atomic E-state index is 13.9. The SMILES string of the molecule is O=C(NC1CCCOc2c(F)cccc21)N1CCC[C@H]1CO. The van der Waals surface area contributed by atoms with Gasteiger partial charge in [0.2, 0.25) is 0 Å². The van der Waals surface area contributed by atoms with Crippen LogP contribution in [0.2, 0.25) is 0 Å². The second-order valence-corrected chi connectivity index (χ2v) is 5.82. The van der Waals surface area contributed by atoms with Crippen molar-refractivity contribution in [1.82, 2.24) is 10.2 Å². The molecule has 2 atom stereocenters. The minimum absolute atomic E-state index is 0.0214. The lowest BCUT2D eigenvalue weighted by molar-refractivity contribution is 0.154. The first-order chi connectivity index (χ1) is 10.7. The molecule has 2 amide bonds. The van der Waals surface area contributed by atoms with Crippen LogP contribution in [-0.4, -0.2) is 41.8 Å². The molecule has 6 heteroatoms. The van der Waals surface area contributed by atoms with Gasteiger partial charge in [-0.3, -0.25) is 0 Å². The Morgan fingerprint density at radius 1 is 1.41 bits per heavy atom. The summed E-state index contributed by atoms with van der Waals surface area (Å²) in [6.07, 6.45) is 3.18. The van der Waals surface area contributed by atoms with Gasteiger partial charge in [0.05, 0.1) is 25.3 Å². The summed E-state index contributed by atoms with van der Waals surface area (Å²) in [7, 11) is 0. The molecule has 2 aliphatic rings. The van der Waals surface area contributed by atoms with Gasteiger partial charge in [0.25, 0.3) is 0 Å². The second-order valence-electron chi connectivity index (χ2n) is 5.82. The Hall–Kier alpha value is -1.82. The molecule has 0 spiro atoms. The molecule has 0 saturated carbocycles. The van der Waals surface area contributed by atoms with Crippen LogP contribution in [-0.2, 0) is 0 Å². The average Bonchev–Trinajstić information content (AvgIpc) is 2.91. The highest BCUT2D eigenvalue weighted by atomic mass is 19.1. The maximum Gasteiger partial charge on any atom is 0.318 e. The lowest BCUT2D eigenvalue weighted by Gasteiger charge is -2.27. The van der Waals surface area contributed by atoms with E-state index in [1.165, 1.54) is 6.07 Å². The molecule has 2 heterocycles. The number of carbonyl (C=O) groups excluding carboxylic acids is 1. The summed E-state index contributed by atoms with van der Waals surface area (Å²) in [5, 5.41) is 12.3. The normalized spacial score (nSPS) is 24.4. The molecule has 1 saturated heterocycles. The van der Waals surface area contributed by atoms with Gasteiger partial charge in [-0.25, -0.2) is 9.18 Å². The molecular weight excluding hydrogens is 287 g/mol. The number of nitrogens with one attached hydrogen (secondary N) is 1. The number of hydrogen-bond acceptors (Lipinski definition) is 3. The highest BCUT2D eigenvalue weighted by Gasteiger charge is 2.31.